The largest absolute Gasteiger partial charge is 0.278 e. The zero-order chi connectivity index (χ0) is 14.8. The highest BCUT2D eigenvalue weighted by atomic mass is 79.9. The highest BCUT2D eigenvalue weighted by Gasteiger charge is 2.16. The van der Waals surface area contributed by atoms with Crippen LogP contribution in [0.2, 0.25) is 5.02 Å². The van der Waals surface area contributed by atoms with Crippen molar-refractivity contribution in [2.45, 2.75) is 4.90 Å². The van der Waals surface area contributed by atoms with Gasteiger partial charge in [-0.3, -0.25) is 4.72 Å². The van der Waals surface area contributed by atoms with E-state index in [-0.39, 0.29) is 4.90 Å². The topological polar surface area (TPSA) is 70.0 Å². The zero-order valence-corrected chi connectivity index (χ0v) is 13.1. The second-order valence-electron chi connectivity index (χ2n) is 3.84. The molecule has 0 fully saturated rings. The van der Waals surface area contributed by atoms with Crippen molar-refractivity contribution in [1.29, 1.82) is 5.26 Å². The number of nitriles is 1. The maximum atomic E-state index is 12.2. The summed E-state index contributed by atoms with van der Waals surface area (Å²) in [6.45, 7) is 0. The van der Waals surface area contributed by atoms with Gasteiger partial charge in [0.05, 0.1) is 31.7 Å². The van der Waals surface area contributed by atoms with Crippen molar-refractivity contribution in [1.82, 2.24) is 0 Å². The summed E-state index contributed by atoms with van der Waals surface area (Å²) in [6.07, 6.45) is 0. The molecule has 0 saturated carbocycles. The standard InChI is InChI=1S/C13H8BrClN2O2S/c14-13-11(15)2-1-3-12(13)17-20(18,19)10-6-4-9(8-16)5-7-10/h1-7,17H. The number of hydrogen-bond acceptors (Lipinski definition) is 3. The second kappa shape index (κ2) is 5.83. The molecule has 0 aliphatic heterocycles. The summed E-state index contributed by atoms with van der Waals surface area (Å²) in [7, 11) is -3.73. The maximum absolute atomic E-state index is 12.2. The number of sulfonamides is 1. The predicted molar refractivity (Wildman–Crippen MR) is 81.1 cm³/mol. The van der Waals surface area contributed by atoms with Gasteiger partial charge in [0.15, 0.2) is 0 Å². The molecule has 0 atom stereocenters. The molecule has 0 radical (unpaired) electrons. The molecule has 2 aromatic rings. The molecule has 7 heteroatoms. The fourth-order valence-electron chi connectivity index (χ4n) is 1.49. The lowest BCUT2D eigenvalue weighted by Gasteiger charge is -2.10. The Balaban J connectivity index is 2.36. The molecule has 102 valence electrons. The van der Waals surface area contributed by atoms with Crippen molar-refractivity contribution < 1.29 is 8.42 Å². The van der Waals surface area contributed by atoms with E-state index in [9.17, 15) is 8.42 Å². The number of halogens is 2. The molecule has 2 aromatic carbocycles. The molecule has 0 unspecified atom stereocenters. The van der Waals surface area contributed by atoms with Gasteiger partial charge in [0, 0.05) is 0 Å². The summed E-state index contributed by atoms with van der Waals surface area (Å²) < 4.78 is 27.3. The van der Waals surface area contributed by atoms with Crippen LogP contribution in [0.15, 0.2) is 51.8 Å². The van der Waals surface area contributed by atoms with E-state index in [1.54, 1.807) is 18.2 Å². The summed E-state index contributed by atoms with van der Waals surface area (Å²) in [4.78, 5) is 0.0726. The number of hydrogen-bond donors (Lipinski definition) is 1. The van der Waals surface area contributed by atoms with Crippen LogP contribution in [0.5, 0.6) is 0 Å². The van der Waals surface area contributed by atoms with Gasteiger partial charge in [-0.15, -0.1) is 0 Å². The third-order valence-electron chi connectivity index (χ3n) is 2.49. The maximum Gasteiger partial charge on any atom is 0.261 e. The lowest BCUT2D eigenvalue weighted by atomic mass is 10.2. The monoisotopic (exact) mass is 370 g/mol. The molecule has 0 saturated heterocycles. The Morgan fingerprint density at radius 2 is 1.80 bits per heavy atom. The third kappa shape index (κ3) is 3.12. The van der Waals surface area contributed by atoms with Gasteiger partial charge in [0.2, 0.25) is 0 Å². The Morgan fingerprint density at radius 1 is 1.15 bits per heavy atom. The van der Waals surface area contributed by atoms with Crippen molar-refractivity contribution in [3.8, 4) is 6.07 Å². The van der Waals surface area contributed by atoms with Crippen molar-refractivity contribution >= 4 is 43.2 Å². The van der Waals surface area contributed by atoms with Gasteiger partial charge < -0.3 is 0 Å². The molecule has 0 heterocycles. The van der Waals surface area contributed by atoms with E-state index in [4.69, 9.17) is 16.9 Å². The van der Waals surface area contributed by atoms with Crippen LogP contribution in [0, 0.1) is 11.3 Å². The van der Waals surface area contributed by atoms with Gasteiger partial charge in [-0.2, -0.15) is 5.26 Å². The number of benzene rings is 2. The predicted octanol–water partition coefficient (Wildman–Crippen LogP) is 3.77. The minimum Gasteiger partial charge on any atom is -0.278 e. The fraction of sp³-hybridized carbons (Fsp3) is 0. The smallest absolute Gasteiger partial charge is 0.261 e. The fourth-order valence-corrected chi connectivity index (χ4v) is 3.24. The minimum absolute atomic E-state index is 0.0726. The molecule has 0 bridgehead atoms. The summed E-state index contributed by atoms with van der Waals surface area (Å²) in [5.74, 6) is 0. The first-order valence-corrected chi connectivity index (χ1v) is 8.06. The average molecular weight is 372 g/mol. The Bertz CT molecular complexity index is 783. The highest BCUT2D eigenvalue weighted by molar-refractivity contribution is 9.10. The minimum atomic E-state index is -3.73. The van der Waals surface area contributed by atoms with Crippen LogP contribution in [0.25, 0.3) is 0 Å². The zero-order valence-electron chi connectivity index (χ0n) is 9.97. The average Bonchev–Trinajstić information content (AvgIpc) is 2.44. The Labute approximate surface area is 130 Å². The molecule has 0 aliphatic rings. The van der Waals surface area contributed by atoms with Crippen molar-refractivity contribution in [2.75, 3.05) is 4.72 Å². The van der Waals surface area contributed by atoms with Crippen molar-refractivity contribution in [3.05, 3.63) is 57.5 Å². The first-order valence-electron chi connectivity index (χ1n) is 5.41. The first-order chi connectivity index (χ1) is 9.44. The van der Waals surface area contributed by atoms with E-state index in [1.165, 1.54) is 24.3 Å². The van der Waals surface area contributed by atoms with E-state index >= 15 is 0 Å². The molecular formula is C13H8BrClN2O2S. The lowest BCUT2D eigenvalue weighted by Crippen LogP contribution is -2.13. The van der Waals surface area contributed by atoms with Gasteiger partial charge in [-0.1, -0.05) is 17.7 Å². The van der Waals surface area contributed by atoms with E-state index in [0.717, 1.165) is 0 Å². The summed E-state index contributed by atoms with van der Waals surface area (Å²) in [6, 6.07) is 12.5. The molecule has 20 heavy (non-hydrogen) atoms. The Kier molecular flexibility index (Phi) is 4.33. The molecule has 0 amide bonds. The van der Waals surface area contributed by atoms with Gasteiger partial charge in [-0.25, -0.2) is 8.42 Å². The SMILES string of the molecule is N#Cc1ccc(S(=O)(=O)Nc2cccc(Cl)c2Br)cc1. The van der Waals surface area contributed by atoms with Crippen LogP contribution in [-0.4, -0.2) is 8.42 Å². The van der Waals surface area contributed by atoms with Crippen molar-refractivity contribution in [3.63, 3.8) is 0 Å². The first kappa shape index (κ1) is 14.9. The molecule has 0 aliphatic carbocycles. The van der Waals surface area contributed by atoms with Gasteiger partial charge in [0.25, 0.3) is 10.0 Å². The van der Waals surface area contributed by atoms with E-state index < -0.39 is 10.0 Å². The van der Waals surface area contributed by atoms with E-state index in [0.29, 0.717) is 20.7 Å². The van der Waals surface area contributed by atoms with Gasteiger partial charge >= 0.3 is 0 Å². The van der Waals surface area contributed by atoms with Crippen LogP contribution in [-0.2, 0) is 10.0 Å². The summed E-state index contributed by atoms with van der Waals surface area (Å²) >= 11 is 9.14. The normalized spacial score (nSPS) is 10.8. The van der Waals surface area contributed by atoms with Crippen LogP contribution in [0.1, 0.15) is 5.56 Å². The second-order valence-corrected chi connectivity index (χ2v) is 6.73. The molecule has 4 nitrogen and oxygen atoms in total. The summed E-state index contributed by atoms with van der Waals surface area (Å²) in [5, 5.41) is 9.10. The number of nitrogens with one attached hydrogen (secondary N) is 1. The quantitative estimate of drug-likeness (QED) is 0.892. The third-order valence-corrected chi connectivity index (χ3v) is 5.27. The number of nitrogens with zero attached hydrogens (tertiary/aromatic N) is 1. The van der Waals surface area contributed by atoms with Gasteiger partial charge in [-0.05, 0) is 52.3 Å². The van der Waals surface area contributed by atoms with Crippen molar-refractivity contribution in [2.24, 2.45) is 0 Å². The highest BCUT2D eigenvalue weighted by Crippen LogP contribution is 2.31. The number of rotatable bonds is 3. The Morgan fingerprint density at radius 3 is 2.40 bits per heavy atom. The molecule has 0 spiro atoms. The molecule has 0 aromatic heterocycles. The van der Waals surface area contributed by atoms with Crippen LogP contribution < -0.4 is 4.72 Å². The molecular weight excluding hydrogens is 364 g/mol. The van der Waals surface area contributed by atoms with Crippen LogP contribution in [0.3, 0.4) is 0 Å². The summed E-state index contributed by atoms with van der Waals surface area (Å²) in [5.41, 5.74) is 0.745. The molecule has 2 rings (SSSR count). The number of anilines is 1. The van der Waals surface area contributed by atoms with Crippen LogP contribution in [0.4, 0.5) is 5.69 Å². The van der Waals surface area contributed by atoms with Gasteiger partial charge in [0.1, 0.15) is 0 Å². The molecule has 1 N–H and O–H groups in total. The lowest BCUT2D eigenvalue weighted by molar-refractivity contribution is 0.601. The van der Waals surface area contributed by atoms with E-state index in [2.05, 4.69) is 20.7 Å². The van der Waals surface area contributed by atoms with E-state index in [1.807, 2.05) is 6.07 Å². The van der Waals surface area contributed by atoms with Crippen LogP contribution >= 0.6 is 27.5 Å². The Hall–Kier alpha value is -1.55.